The third kappa shape index (κ3) is 1.86. The van der Waals surface area contributed by atoms with Crippen LogP contribution in [0, 0.1) is 6.92 Å². The van der Waals surface area contributed by atoms with Gasteiger partial charge in [-0.3, -0.25) is 14.4 Å². The fourth-order valence-electron chi connectivity index (χ4n) is 3.31. The molecule has 2 aromatic rings. The summed E-state index contributed by atoms with van der Waals surface area (Å²) in [6, 6.07) is 12.4. The lowest BCUT2D eigenvalue weighted by molar-refractivity contribution is -0.149. The van der Waals surface area contributed by atoms with Crippen LogP contribution in [-0.4, -0.2) is 34.0 Å². The molecule has 0 bridgehead atoms. The highest BCUT2D eigenvalue weighted by molar-refractivity contribution is 6.52. The number of aliphatic hydroxyl groups is 1. The summed E-state index contributed by atoms with van der Waals surface area (Å²) in [6.07, 6.45) is 0. The van der Waals surface area contributed by atoms with Gasteiger partial charge in [0.05, 0.1) is 0 Å². The van der Waals surface area contributed by atoms with E-state index in [1.54, 1.807) is 24.3 Å². The monoisotopic (exact) mass is 348 g/mol. The van der Waals surface area contributed by atoms with Gasteiger partial charge in [0, 0.05) is 16.7 Å². The van der Waals surface area contributed by atoms with Gasteiger partial charge in [0.25, 0.3) is 11.4 Å². The Morgan fingerprint density at radius 1 is 0.885 bits per heavy atom. The van der Waals surface area contributed by atoms with Crippen LogP contribution in [0.5, 0.6) is 0 Å². The van der Waals surface area contributed by atoms with E-state index in [1.165, 1.54) is 24.3 Å². The van der Waals surface area contributed by atoms with Gasteiger partial charge in [-0.15, -0.1) is 0 Å². The van der Waals surface area contributed by atoms with E-state index in [0.717, 1.165) is 5.56 Å². The maximum absolute atomic E-state index is 12.9. The molecule has 0 aromatic heterocycles. The maximum Gasteiger partial charge on any atom is 0.381 e. The molecule has 2 aliphatic rings. The number of rotatable bonds is 1. The lowest BCUT2D eigenvalue weighted by Crippen LogP contribution is -2.43. The molecule has 0 amide bonds. The number of Topliss-reactive ketones (excluding diaryl/α,β-unsaturated/α-hetero) is 3. The van der Waals surface area contributed by atoms with Crippen molar-refractivity contribution in [3.05, 3.63) is 76.4 Å². The first-order chi connectivity index (χ1) is 12.4. The van der Waals surface area contributed by atoms with Crippen molar-refractivity contribution in [2.75, 3.05) is 0 Å². The van der Waals surface area contributed by atoms with Crippen LogP contribution in [0.3, 0.4) is 0 Å². The molecule has 4 rings (SSSR count). The molecule has 0 saturated carbocycles. The van der Waals surface area contributed by atoms with Crippen molar-refractivity contribution in [2.45, 2.75) is 12.5 Å². The van der Waals surface area contributed by atoms with Crippen molar-refractivity contribution in [3.8, 4) is 0 Å². The molecule has 128 valence electrons. The minimum atomic E-state index is -2.45. The van der Waals surface area contributed by atoms with Crippen molar-refractivity contribution in [1.82, 2.24) is 0 Å². The van der Waals surface area contributed by atoms with Gasteiger partial charge in [-0.05, 0) is 6.92 Å². The van der Waals surface area contributed by atoms with Crippen LogP contribution in [0.1, 0.15) is 31.8 Å². The number of ether oxygens (including phenoxy) is 1. The lowest BCUT2D eigenvalue weighted by Gasteiger charge is -2.20. The quantitative estimate of drug-likeness (QED) is 0.279. The molecule has 1 aliphatic heterocycles. The highest BCUT2D eigenvalue weighted by atomic mass is 16.6. The molecule has 0 atom stereocenters. The first-order valence-corrected chi connectivity index (χ1v) is 7.85. The number of fused-ring (bicyclic) bond motifs is 1. The Morgan fingerprint density at radius 2 is 1.42 bits per heavy atom. The number of benzene rings is 2. The van der Waals surface area contributed by atoms with Gasteiger partial charge in [0.15, 0.2) is 0 Å². The molecule has 6 heteroatoms. The number of hydrogen-bond donors (Lipinski definition) is 1. The van der Waals surface area contributed by atoms with Crippen molar-refractivity contribution >= 4 is 29.1 Å². The molecule has 1 heterocycles. The van der Waals surface area contributed by atoms with Crippen LogP contribution in [-0.2, 0) is 14.3 Å². The third-order valence-corrected chi connectivity index (χ3v) is 4.63. The van der Waals surface area contributed by atoms with Gasteiger partial charge in [-0.25, -0.2) is 4.79 Å². The predicted molar refractivity (Wildman–Crippen MR) is 89.7 cm³/mol. The SMILES string of the molecule is Cc1ccc(/C(O)=C2\C(=O)C(=O)OC23C(=O)c2ccccc2C3=O)cc1. The highest BCUT2D eigenvalue weighted by Crippen LogP contribution is 2.44. The first-order valence-electron chi connectivity index (χ1n) is 7.85. The second-order valence-electron chi connectivity index (χ2n) is 6.19. The summed E-state index contributed by atoms with van der Waals surface area (Å²) in [6.45, 7) is 1.84. The lowest BCUT2D eigenvalue weighted by atomic mass is 9.85. The molecule has 2 aromatic carbocycles. The van der Waals surface area contributed by atoms with Gasteiger partial charge in [0.2, 0.25) is 11.6 Å². The van der Waals surface area contributed by atoms with Gasteiger partial charge in [-0.2, -0.15) is 0 Å². The zero-order chi connectivity index (χ0) is 18.6. The topological polar surface area (TPSA) is 97.7 Å². The van der Waals surface area contributed by atoms with E-state index in [-0.39, 0.29) is 16.7 Å². The number of aliphatic hydroxyl groups excluding tert-OH is 1. The van der Waals surface area contributed by atoms with E-state index in [0.29, 0.717) is 0 Å². The van der Waals surface area contributed by atoms with Crippen LogP contribution in [0.4, 0.5) is 0 Å². The van der Waals surface area contributed by atoms with Gasteiger partial charge in [-0.1, -0.05) is 54.1 Å². The van der Waals surface area contributed by atoms with Crippen molar-refractivity contribution in [3.63, 3.8) is 0 Å². The zero-order valence-electron chi connectivity index (χ0n) is 13.6. The number of esters is 1. The van der Waals surface area contributed by atoms with Gasteiger partial charge in [0.1, 0.15) is 11.3 Å². The standard InChI is InChI=1S/C20H12O6/c1-10-6-8-11(9-7-10)15(21)14-16(22)19(25)26-20(14)17(23)12-4-2-3-5-13(12)18(20)24/h2-9,21H,1H3/b15-14-. The molecule has 1 saturated heterocycles. The Morgan fingerprint density at radius 3 is 1.96 bits per heavy atom. The second kappa shape index (κ2) is 5.23. The number of hydrogen-bond acceptors (Lipinski definition) is 6. The number of aryl methyl sites for hydroxylation is 1. The zero-order valence-corrected chi connectivity index (χ0v) is 13.6. The second-order valence-corrected chi connectivity index (χ2v) is 6.19. The Hall–Kier alpha value is -3.54. The third-order valence-electron chi connectivity index (χ3n) is 4.63. The maximum atomic E-state index is 12.9. The Bertz CT molecular complexity index is 1010. The van der Waals surface area contributed by atoms with E-state index >= 15 is 0 Å². The fourth-order valence-corrected chi connectivity index (χ4v) is 3.31. The molecular formula is C20H12O6. The largest absolute Gasteiger partial charge is 0.507 e. The van der Waals surface area contributed by atoms with Crippen molar-refractivity contribution < 1.29 is 29.0 Å². The van der Waals surface area contributed by atoms with Crippen molar-refractivity contribution in [2.24, 2.45) is 0 Å². The molecule has 0 unspecified atom stereocenters. The smallest absolute Gasteiger partial charge is 0.381 e. The highest BCUT2D eigenvalue weighted by Gasteiger charge is 2.67. The van der Waals surface area contributed by atoms with E-state index in [4.69, 9.17) is 4.74 Å². The minimum Gasteiger partial charge on any atom is -0.507 e. The van der Waals surface area contributed by atoms with E-state index in [9.17, 15) is 24.3 Å². The first kappa shape index (κ1) is 16.0. The number of carbonyl (C=O) groups excluding carboxylic acids is 4. The molecule has 6 nitrogen and oxygen atoms in total. The average molecular weight is 348 g/mol. The molecule has 1 N–H and O–H groups in total. The Kier molecular flexibility index (Phi) is 3.21. The van der Waals surface area contributed by atoms with E-state index < -0.39 is 40.3 Å². The molecular weight excluding hydrogens is 336 g/mol. The van der Waals surface area contributed by atoms with E-state index in [2.05, 4.69) is 0 Å². The molecule has 1 spiro atoms. The summed E-state index contributed by atoms with van der Waals surface area (Å²) in [5.74, 6) is -4.81. The van der Waals surface area contributed by atoms with Crippen LogP contribution < -0.4 is 0 Å². The fraction of sp³-hybridized carbons (Fsp3) is 0.100. The summed E-state index contributed by atoms with van der Waals surface area (Å²) < 4.78 is 5.00. The Balaban J connectivity index is 1.99. The van der Waals surface area contributed by atoms with Gasteiger partial charge < -0.3 is 9.84 Å². The van der Waals surface area contributed by atoms with Crippen LogP contribution in [0.2, 0.25) is 0 Å². The molecule has 1 fully saturated rings. The molecule has 26 heavy (non-hydrogen) atoms. The molecule has 1 aliphatic carbocycles. The Labute approximate surface area is 147 Å². The summed E-state index contributed by atoms with van der Waals surface area (Å²) in [7, 11) is 0. The number of carbonyl (C=O) groups is 4. The predicted octanol–water partition coefficient (Wildman–Crippen LogP) is 2.21. The molecule has 0 radical (unpaired) electrons. The summed E-state index contributed by atoms with van der Waals surface area (Å²) >= 11 is 0. The van der Waals surface area contributed by atoms with Gasteiger partial charge >= 0.3 is 5.97 Å². The van der Waals surface area contributed by atoms with Crippen LogP contribution in [0.25, 0.3) is 5.76 Å². The average Bonchev–Trinajstić information content (AvgIpc) is 3.03. The van der Waals surface area contributed by atoms with Crippen LogP contribution in [0.15, 0.2) is 54.1 Å². The van der Waals surface area contributed by atoms with Crippen molar-refractivity contribution in [1.29, 1.82) is 0 Å². The normalized spacial score (nSPS) is 19.7. The number of ketones is 3. The summed E-state index contributed by atoms with van der Waals surface area (Å²) in [4.78, 5) is 50.2. The summed E-state index contributed by atoms with van der Waals surface area (Å²) in [5.41, 5.74) is -1.87. The summed E-state index contributed by atoms with van der Waals surface area (Å²) in [5, 5.41) is 10.7. The minimum absolute atomic E-state index is 0.0502. The van der Waals surface area contributed by atoms with Crippen LogP contribution >= 0.6 is 0 Å². The van der Waals surface area contributed by atoms with E-state index in [1.807, 2.05) is 6.92 Å².